The summed E-state index contributed by atoms with van der Waals surface area (Å²) in [6, 6.07) is 7.91. The van der Waals surface area contributed by atoms with Crippen molar-refractivity contribution in [1.82, 2.24) is 5.32 Å². The predicted octanol–water partition coefficient (Wildman–Crippen LogP) is 5.55. The van der Waals surface area contributed by atoms with Gasteiger partial charge < -0.3 is 15.2 Å². The normalized spacial score (nSPS) is 16.0. The van der Waals surface area contributed by atoms with Crippen LogP contribution in [-0.2, 0) is 11.2 Å². The van der Waals surface area contributed by atoms with Crippen LogP contribution in [0.15, 0.2) is 24.3 Å². The molecule has 1 aliphatic rings. The predicted molar refractivity (Wildman–Crippen MR) is 117 cm³/mol. The van der Waals surface area contributed by atoms with E-state index < -0.39 is 5.97 Å². The number of benzene rings is 1. The Morgan fingerprint density at radius 1 is 1.14 bits per heavy atom. The lowest BCUT2D eigenvalue weighted by Crippen LogP contribution is -2.30. The fraction of sp³-hybridized carbons (Fsp3) is 0.708. The maximum absolute atomic E-state index is 11.5. The van der Waals surface area contributed by atoms with Crippen molar-refractivity contribution in [3.05, 3.63) is 29.8 Å². The molecule has 0 saturated carbocycles. The van der Waals surface area contributed by atoms with Crippen LogP contribution in [0.3, 0.4) is 0 Å². The molecule has 1 aromatic rings. The molecule has 1 aliphatic heterocycles. The molecule has 1 fully saturated rings. The third kappa shape index (κ3) is 9.09. The maximum atomic E-state index is 11.5. The number of ether oxygens (including phenoxy) is 1. The van der Waals surface area contributed by atoms with Crippen LogP contribution in [0.5, 0.6) is 5.75 Å². The Bertz CT molecular complexity index is 542. The third-order valence-electron chi connectivity index (χ3n) is 5.44. The van der Waals surface area contributed by atoms with E-state index in [1.54, 1.807) is 0 Å². The minimum Gasteiger partial charge on any atom is -0.494 e. The van der Waals surface area contributed by atoms with E-state index in [0.29, 0.717) is 6.42 Å². The van der Waals surface area contributed by atoms with Crippen LogP contribution >= 0.6 is 0 Å². The van der Waals surface area contributed by atoms with E-state index in [4.69, 9.17) is 4.74 Å². The standard InChI is InChI=1S/C22H35NO3.C2H6/c1-22(2,3)20(21(24)25)16-18-7-9-19(10-8-18)26-15-5-4-6-17-11-13-23-14-12-17;1-2/h7-10,17,20,23H,4-6,11-16H2,1-3H3,(H,24,25);1-2H3. The van der Waals surface area contributed by atoms with Crippen LogP contribution in [0.1, 0.15) is 72.3 Å². The zero-order valence-corrected chi connectivity index (χ0v) is 18.6. The first-order chi connectivity index (χ1) is 13.4. The number of aliphatic carboxylic acids is 1. The summed E-state index contributed by atoms with van der Waals surface area (Å²) >= 11 is 0. The monoisotopic (exact) mass is 391 g/mol. The largest absolute Gasteiger partial charge is 0.494 e. The molecule has 2 N–H and O–H groups in total. The van der Waals surface area contributed by atoms with Gasteiger partial charge in [0.2, 0.25) is 0 Å². The highest BCUT2D eigenvalue weighted by Gasteiger charge is 2.31. The van der Waals surface area contributed by atoms with Crippen molar-refractivity contribution in [3.8, 4) is 5.75 Å². The Morgan fingerprint density at radius 3 is 2.29 bits per heavy atom. The van der Waals surface area contributed by atoms with Crippen LogP contribution in [0, 0.1) is 17.3 Å². The van der Waals surface area contributed by atoms with E-state index in [-0.39, 0.29) is 11.3 Å². The highest BCUT2D eigenvalue weighted by molar-refractivity contribution is 5.71. The second kappa shape index (κ2) is 12.8. The van der Waals surface area contributed by atoms with Gasteiger partial charge in [-0.15, -0.1) is 0 Å². The van der Waals surface area contributed by atoms with Gasteiger partial charge in [0, 0.05) is 0 Å². The van der Waals surface area contributed by atoms with Crippen molar-refractivity contribution in [2.45, 2.75) is 73.1 Å². The number of rotatable bonds is 9. The van der Waals surface area contributed by atoms with Crippen molar-refractivity contribution in [2.24, 2.45) is 17.3 Å². The summed E-state index contributed by atoms with van der Waals surface area (Å²) in [6.07, 6.45) is 6.82. The van der Waals surface area contributed by atoms with Crippen LogP contribution in [0.25, 0.3) is 0 Å². The van der Waals surface area contributed by atoms with E-state index in [1.807, 2.05) is 58.9 Å². The molecule has 1 saturated heterocycles. The Labute approximate surface area is 172 Å². The summed E-state index contributed by atoms with van der Waals surface area (Å²) in [7, 11) is 0. The first-order valence-corrected chi connectivity index (χ1v) is 11.0. The van der Waals surface area contributed by atoms with Gasteiger partial charge in [-0.05, 0) is 74.2 Å². The van der Waals surface area contributed by atoms with Crippen LogP contribution < -0.4 is 10.1 Å². The highest BCUT2D eigenvalue weighted by Crippen LogP contribution is 2.30. The Kier molecular flexibility index (Phi) is 11.2. The molecule has 0 amide bonds. The molecule has 2 rings (SSSR count). The molecule has 0 radical (unpaired) electrons. The molecule has 28 heavy (non-hydrogen) atoms. The van der Waals surface area contributed by atoms with Crippen LogP contribution in [0.4, 0.5) is 0 Å². The van der Waals surface area contributed by atoms with Crippen molar-refractivity contribution < 1.29 is 14.6 Å². The number of nitrogens with one attached hydrogen (secondary N) is 1. The molecule has 1 atom stereocenters. The molecular formula is C24H41NO3. The lowest BCUT2D eigenvalue weighted by Gasteiger charge is -2.27. The molecular weight excluding hydrogens is 350 g/mol. The van der Waals surface area contributed by atoms with Crippen molar-refractivity contribution in [3.63, 3.8) is 0 Å². The topological polar surface area (TPSA) is 58.6 Å². The average molecular weight is 392 g/mol. The van der Waals surface area contributed by atoms with Crippen LogP contribution in [-0.4, -0.2) is 30.8 Å². The summed E-state index contributed by atoms with van der Waals surface area (Å²) in [5.41, 5.74) is 0.792. The minimum absolute atomic E-state index is 0.255. The van der Waals surface area contributed by atoms with E-state index in [0.717, 1.165) is 30.3 Å². The fourth-order valence-electron chi connectivity index (χ4n) is 3.62. The number of hydrogen-bond acceptors (Lipinski definition) is 3. The summed E-state index contributed by atoms with van der Waals surface area (Å²) in [4.78, 5) is 11.5. The van der Waals surface area contributed by atoms with E-state index in [1.165, 1.54) is 38.8 Å². The molecule has 0 spiro atoms. The molecule has 1 unspecified atom stereocenters. The van der Waals surface area contributed by atoms with Gasteiger partial charge in [0.1, 0.15) is 5.75 Å². The molecule has 1 heterocycles. The summed E-state index contributed by atoms with van der Waals surface area (Å²) in [6.45, 7) is 13.0. The minimum atomic E-state index is -0.730. The Hall–Kier alpha value is -1.55. The number of unbranched alkanes of at least 4 members (excludes halogenated alkanes) is 1. The summed E-state index contributed by atoms with van der Waals surface area (Å²) in [5, 5.41) is 12.9. The van der Waals surface area contributed by atoms with Crippen molar-refractivity contribution >= 4 is 5.97 Å². The van der Waals surface area contributed by atoms with E-state index in [9.17, 15) is 9.90 Å². The van der Waals surface area contributed by atoms with Gasteiger partial charge in [-0.1, -0.05) is 53.2 Å². The first-order valence-electron chi connectivity index (χ1n) is 11.0. The molecule has 0 aliphatic carbocycles. The average Bonchev–Trinajstić information content (AvgIpc) is 2.68. The zero-order chi connectivity index (χ0) is 21.0. The summed E-state index contributed by atoms with van der Waals surface area (Å²) in [5.74, 6) is 0.648. The highest BCUT2D eigenvalue weighted by atomic mass is 16.5. The van der Waals surface area contributed by atoms with E-state index in [2.05, 4.69) is 5.32 Å². The van der Waals surface area contributed by atoms with Gasteiger partial charge >= 0.3 is 5.97 Å². The molecule has 160 valence electrons. The van der Waals surface area contributed by atoms with E-state index >= 15 is 0 Å². The molecule has 0 aromatic heterocycles. The van der Waals surface area contributed by atoms with Gasteiger partial charge in [0.05, 0.1) is 12.5 Å². The maximum Gasteiger partial charge on any atom is 0.307 e. The molecule has 0 bridgehead atoms. The van der Waals surface area contributed by atoms with Gasteiger partial charge in [-0.25, -0.2) is 0 Å². The Balaban J connectivity index is 0.00000190. The zero-order valence-electron chi connectivity index (χ0n) is 18.6. The fourth-order valence-corrected chi connectivity index (χ4v) is 3.62. The number of hydrogen-bond donors (Lipinski definition) is 2. The number of piperidine rings is 1. The lowest BCUT2D eigenvalue weighted by atomic mass is 9.77. The number of carboxylic acid groups (broad SMARTS) is 1. The Morgan fingerprint density at radius 2 is 1.75 bits per heavy atom. The van der Waals surface area contributed by atoms with Crippen molar-refractivity contribution in [1.29, 1.82) is 0 Å². The SMILES string of the molecule is CC.CC(C)(C)C(Cc1ccc(OCCCCC2CCNCC2)cc1)C(=O)O. The molecule has 4 nitrogen and oxygen atoms in total. The quantitative estimate of drug-likeness (QED) is 0.542. The first kappa shape index (κ1) is 24.5. The van der Waals surface area contributed by atoms with Gasteiger partial charge in [0.15, 0.2) is 0 Å². The van der Waals surface area contributed by atoms with Gasteiger partial charge in [0.25, 0.3) is 0 Å². The number of carboxylic acids is 1. The summed E-state index contributed by atoms with van der Waals surface area (Å²) < 4.78 is 5.84. The second-order valence-electron chi connectivity index (χ2n) is 8.64. The number of carbonyl (C=O) groups is 1. The van der Waals surface area contributed by atoms with Crippen LogP contribution in [0.2, 0.25) is 0 Å². The molecule has 1 aromatic carbocycles. The van der Waals surface area contributed by atoms with Gasteiger partial charge in [-0.2, -0.15) is 0 Å². The second-order valence-corrected chi connectivity index (χ2v) is 8.64. The third-order valence-corrected chi connectivity index (χ3v) is 5.44. The van der Waals surface area contributed by atoms with Crippen molar-refractivity contribution in [2.75, 3.05) is 19.7 Å². The molecule has 4 heteroatoms. The lowest BCUT2D eigenvalue weighted by molar-refractivity contribution is -0.145. The smallest absolute Gasteiger partial charge is 0.307 e. The van der Waals surface area contributed by atoms with Gasteiger partial charge in [-0.3, -0.25) is 4.79 Å².